The number of anilines is 1. The van der Waals surface area contributed by atoms with Gasteiger partial charge in [-0.3, -0.25) is 9.52 Å². The molecule has 1 amide bonds. The lowest BCUT2D eigenvalue weighted by atomic mass is 9.96. The molecule has 0 saturated carbocycles. The lowest BCUT2D eigenvalue weighted by molar-refractivity contribution is -0.244. The van der Waals surface area contributed by atoms with E-state index in [2.05, 4.69) is 16.1 Å². The van der Waals surface area contributed by atoms with Crippen LogP contribution in [0.1, 0.15) is 12.5 Å². The normalized spacial score (nSPS) is 24.6. The lowest BCUT2D eigenvalue weighted by Crippen LogP contribution is -2.65. The van der Waals surface area contributed by atoms with Crippen molar-refractivity contribution in [3.05, 3.63) is 48.0 Å². The molecule has 12 heteroatoms. The number of aliphatic hydroxyl groups is 3. The third-order valence-corrected chi connectivity index (χ3v) is 5.70. The number of benzene rings is 2. The topological polar surface area (TPSA) is 178 Å². The maximum atomic E-state index is 11.7. The van der Waals surface area contributed by atoms with E-state index in [9.17, 15) is 33.8 Å². The van der Waals surface area contributed by atoms with Gasteiger partial charge < -0.3 is 30.1 Å². The molecular formula is C22H25N3O8S. The number of nitrogens with zero attached hydrogens (tertiary/aromatic N) is 1. The molecule has 2 aromatic rings. The van der Waals surface area contributed by atoms with Crippen LogP contribution in [0.15, 0.2) is 42.5 Å². The summed E-state index contributed by atoms with van der Waals surface area (Å²) < 4.78 is 37.2. The minimum absolute atomic E-state index is 0.135. The molecule has 1 fully saturated rings. The van der Waals surface area contributed by atoms with Crippen LogP contribution < -0.4 is 14.8 Å². The van der Waals surface area contributed by atoms with Crippen LogP contribution in [0.25, 0.3) is 11.1 Å². The summed E-state index contributed by atoms with van der Waals surface area (Å²) in [5.41, 5.74) is 1.24. The summed E-state index contributed by atoms with van der Waals surface area (Å²) in [4.78, 5) is 11.7. The highest BCUT2D eigenvalue weighted by molar-refractivity contribution is 7.92. The Labute approximate surface area is 196 Å². The van der Waals surface area contributed by atoms with E-state index < -0.39 is 53.2 Å². The van der Waals surface area contributed by atoms with Crippen LogP contribution in [0.5, 0.6) is 5.75 Å². The van der Waals surface area contributed by atoms with E-state index in [0.717, 1.165) is 6.26 Å². The maximum absolute atomic E-state index is 11.7. The first-order valence-corrected chi connectivity index (χ1v) is 12.1. The number of hydrogen-bond donors (Lipinski definition) is 5. The third-order valence-electron chi connectivity index (χ3n) is 5.10. The molecule has 5 N–H and O–H groups in total. The summed E-state index contributed by atoms with van der Waals surface area (Å²) in [7, 11) is -3.55. The molecule has 1 aliphatic rings. The molecule has 0 spiro atoms. The van der Waals surface area contributed by atoms with E-state index in [1.807, 2.05) is 0 Å². The summed E-state index contributed by atoms with van der Waals surface area (Å²) in [5, 5.41) is 42.4. The molecule has 0 bridgehead atoms. The number of sulfonamides is 1. The fraction of sp³-hybridized carbons (Fsp3) is 0.364. The highest BCUT2D eigenvalue weighted by atomic mass is 32.2. The van der Waals surface area contributed by atoms with Gasteiger partial charge in [-0.2, -0.15) is 5.26 Å². The second kappa shape index (κ2) is 10.4. The quantitative estimate of drug-likeness (QED) is 0.354. The summed E-state index contributed by atoms with van der Waals surface area (Å²) in [6.07, 6.45) is -4.49. The molecule has 2 aromatic carbocycles. The SMILES string of the molecule is CC(=O)NC1C(Oc2cccc(C#N)c2-c2cccc(NS(C)(=O)=O)c2)OC(CO)C(O)C1O. The van der Waals surface area contributed by atoms with Crippen molar-refractivity contribution in [1.29, 1.82) is 5.26 Å². The summed E-state index contributed by atoms with van der Waals surface area (Å²) in [6, 6.07) is 11.8. The van der Waals surface area contributed by atoms with Crippen molar-refractivity contribution < 1.29 is 38.0 Å². The number of aliphatic hydroxyl groups excluding tert-OH is 3. The van der Waals surface area contributed by atoms with Gasteiger partial charge in [-0.1, -0.05) is 18.2 Å². The van der Waals surface area contributed by atoms with E-state index in [0.29, 0.717) is 11.1 Å². The van der Waals surface area contributed by atoms with E-state index in [1.54, 1.807) is 30.3 Å². The van der Waals surface area contributed by atoms with Gasteiger partial charge in [0, 0.05) is 18.2 Å². The van der Waals surface area contributed by atoms with E-state index in [-0.39, 0.29) is 17.0 Å². The average molecular weight is 492 g/mol. The second-order valence-electron chi connectivity index (χ2n) is 7.80. The van der Waals surface area contributed by atoms with Crippen molar-refractivity contribution in [3.63, 3.8) is 0 Å². The Kier molecular flexibility index (Phi) is 7.75. The van der Waals surface area contributed by atoms with Crippen molar-refractivity contribution in [2.45, 2.75) is 37.6 Å². The third kappa shape index (κ3) is 5.82. The number of hydrogen-bond acceptors (Lipinski definition) is 9. The van der Waals surface area contributed by atoms with E-state index in [4.69, 9.17) is 9.47 Å². The molecule has 1 saturated heterocycles. The molecule has 0 aromatic heterocycles. The number of carbonyl (C=O) groups is 1. The second-order valence-corrected chi connectivity index (χ2v) is 9.54. The Morgan fingerprint density at radius 2 is 1.91 bits per heavy atom. The molecule has 1 aliphatic heterocycles. The number of nitrogens with one attached hydrogen (secondary N) is 2. The Bertz CT molecular complexity index is 1200. The first kappa shape index (κ1) is 25.4. The number of amides is 1. The molecule has 0 aliphatic carbocycles. The summed E-state index contributed by atoms with van der Waals surface area (Å²) in [5.74, 6) is -0.377. The Hall–Kier alpha value is -3.21. The Morgan fingerprint density at radius 3 is 2.53 bits per heavy atom. The lowest BCUT2D eigenvalue weighted by Gasteiger charge is -2.42. The summed E-state index contributed by atoms with van der Waals surface area (Å²) >= 11 is 0. The number of ether oxygens (including phenoxy) is 2. The van der Waals surface area contributed by atoms with Crippen LogP contribution in [-0.4, -0.2) is 73.2 Å². The zero-order chi connectivity index (χ0) is 25.0. The predicted molar refractivity (Wildman–Crippen MR) is 121 cm³/mol. The predicted octanol–water partition coefficient (Wildman–Crippen LogP) is -0.0807. The van der Waals surface area contributed by atoms with Crippen LogP contribution in [0.4, 0.5) is 5.69 Å². The van der Waals surface area contributed by atoms with Crippen molar-refractivity contribution in [2.75, 3.05) is 17.6 Å². The van der Waals surface area contributed by atoms with Gasteiger partial charge in [-0.15, -0.1) is 0 Å². The smallest absolute Gasteiger partial charge is 0.229 e. The van der Waals surface area contributed by atoms with Gasteiger partial charge in [0.2, 0.25) is 22.2 Å². The number of nitriles is 1. The van der Waals surface area contributed by atoms with Crippen LogP contribution in [0.2, 0.25) is 0 Å². The molecule has 5 unspecified atom stereocenters. The summed E-state index contributed by atoms with van der Waals surface area (Å²) in [6.45, 7) is 0.603. The monoisotopic (exact) mass is 491 g/mol. The van der Waals surface area contributed by atoms with Gasteiger partial charge in [-0.05, 0) is 29.8 Å². The molecule has 3 rings (SSSR count). The highest BCUT2D eigenvalue weighted by Crippen LogP contribution is 2.36. The fourth-order valence-electron chi connectivity index (χ4n) is 3.67. The molecule has 11 nitrogen and oxygen atoms in total. The largest absolute Gasteiger partial charge is 0.462 e. The molecule has 5 atom stereocenters. The first-order valence-electron chi connectivity index (χ1n) is 10.2. The number of carbonyl (C=O) groups excluding carboxylic acids is 1. The van der Waals surface area contributed by atoms with Gasteiger partial charge in [0.05, 0.1) is 24.5 Å². The zero-order valence-electron chi connectivity index (χ0n) is 18.4. The van der Waals surface area contributed by atoms with Gasteiger partial charge in [0.1, 0.15) is 30.1 Å². The van der Waals surface area contributed by atoms with E-state index >= 15 is 0 Å². The minimum Gasteiger partial charge on any atom is -0.462 e. The van der Waals surface area contributed by atoms with Crippen molar-refractivity contribution in [2.24, 2.45) is 0 Å². The Morgan fingerprint density at radius 1 is 1.21 bits per heavy atom. The van der Waals surface area contributed by atoms with Gasteiger partial charge in [-0.25, -0.2) is 8.42 Å². The molecule has 182 valence electrons. The average Bonchev–Trinajstić information content (AvgIpc) is 2.77. The van der Waals surface area contributed by atoms with Crippen molar-refractivity contribution >= 4 is 21.6 Å². The fourth-order valence-corrected chi connectivity index (χ4v) is 4.22. The number of rotatable bonds is 7. The minimum atomic E-state index is -3.55. The van der Waals surface area contributed by atoms with Crippen LogP contribution in [0.3, 0.4) is 0 Å². The molecule has 1 heterocycles. The van der Waals surface area contributed by atoms with Gasteiger partial charge >= 0.3 is 0 Å². The molecular weight excluding hydrogens is 466 g/mol. The van der Waals surface area contributed by atoms with Crippen LogP contribution >= 0.6 is 0 Å². The maximum Gasteiger partial charge on any atom is 0.229 e. The zero-order valence-corrected chi connectivity index (χ0v) is 19.2. The van der Waals surface area contributed by atoms with Crippen molar-refractivity contribution in [1.82, 2.24) is 5.32 Å². The molecule has 0 radical (unpaired) electrons. The highest BCUT2D eigenvalue weighted by Gasteiger charge is 2.46. The first-order chi connectivity index (χ1) is 16.0. The van der Waals surface area contributed by atoms with Crippen molar-refractivity contribution in [3.8, 4) is 22.9 Å². The van der Waals surface area contributed by atoms with Crippen LogP contribution in [-0.2, 0) is 19.6 Å². The molecule has 34 heavy (non-hydrogen) atoms. The van der Waals surface area contributed by atoms with E-state index in [1.165, 1.54) is 19.1 Å². The standard InChI is InChI=1S/C22H25N3O8S/c1-12(27)24-19-21(29)20(28)17(11-26)33-22(19)32-16-8-4-6-14(10-23)18(16)13-5-3-7-15(9-13)25-34(2,30)31/h3-9,17,19-22,25-26,28-29H,11H2,1-2H3,(H,24,27). The van der Waals surface area contributed by atoms with Gasteiger partial charge in [0.15, 0.2) is 0 Å². The van der Waals surface area contributed by atoms with Crippen LogP contribution in [0, 0.1) is 11.3 Å². The Balaban J connectivity index is 2.05. The van der Waals surface area contributed by atoms with Gasteiger partial charge in [0.25, 0.3) is 0 Å².